The van der Waals surface area contributed by atoms with Gasteiger partial charge in [-0.15, -0.1) is 0 Å². The minimum atomic E-state index is -0.910. The van der Waals surface area contributed by atoms with Crippen LogP contribution < -0.4 is 0 Å². The van der Waals surface area contributed by atoms with Crippen LogP contribution in [0.3, 0.4) is 0 Å². The standard InChI is InChI=1S/C23H35NO4/c1-5-6-14-19(24-15-10-11-16-24)20(22(26)28-23(2,3)4)21(25)27-17-18-12-8-7-9-13-18/h7-9,12-13,19-20H,5-6,10-11,14-17H2,1-4H3. The van der Waals surface area contributed by atoms with Gasteiger partial charge in [-0.2, -0.15) is 0 Å². The van der Waals surface area contributed by atoms with Gasteiger partial charge in [0.15, 0.2) is 5.92 Å². The fourth-order valence-corrected chi connectivity index (χ4v) is 3.64. The third-order valence-electron chi connectivity index (χ3n) is 4.99. The van der Waals surface area contributed by atoms with Crippen LogP contribution in [0.25, 0.3) is 0 Å². The number of unbranched alkanes of at least 4 members (excludes halogenated alkanes) is 1. The number of hydrogen-bond acceptors (Lipinski definition) is 5. The van der Waals surface area contributed by atoms with Crippen LogP contribution in [0, 0.1) is 5.92 Å². The molecule has 0 saturated carbocycles. The zero-order chi connectivity index (χ0) is 20.6. The van der Waals surface area contributed by atoms with Crippen molar-refractivity contribution in [2.45, 2.75) is 78.0 Å². The second kappa shape index (κ2) is 10.6. The van der Waals surface area contributed by atoms with Gasteiger partial charge in [-0.3, -0.25) is 14.5 Å². The average molecular weight is 390 g/mol. The van der Waals surface area contributed by atoms with Crippen LogP contribution in [0.2, 0.25) is 0 Å². The molecule has 1 fully saturated rings. The Bertz CT molecular complexity index is 617. The van der Waals surface area contributed by atoms with E-state index in [9.17, 15) is 9.59 Å². The maximum Gasteiger partial charge on any atom is 0.322 e. The molecular formula is C23H35NO4. The lowest BCUT2D eigenvalue weighted by molar-refractivity contribution is -0.173. The van der Waals surface area contributed by atoms with Crippen LogP contribution in [0.1, 0.15) is 65.4 Å². The van der Waals surface area contributed by atoms with Crippen LogP contribution >= 0.6 is 0 Å². The molecule has 5 heteroatoms. The van der Waals surface area contributed by atoms with Gasteiger partial charge in [0.2, 0.25) is 0 Å². The summed E-state index contributed by atoms with van der Waals surface area (Å²) in [7, 11) is 0. The smallest absolute Gasteiger partial charge is 0.322 e. The van der Waals surface area contributed by atoms with Crippen molar-refractivity contribution >= 4 is 11.9 Å². The van der Waals surface area contributed by atoms with Crippen molar-refractivity contribution in [3.8, 4) is 0 Å². The molecule has 2 atom stereocenters. The summed E-state index contributed by atoms with van der Waals surface area (Å²) in [5, 5.41) is 0. The van der Waals surface area contributed by atoms with Crippen LogP contribution in [0.15, 0.2) is 30.3 Å². The Balaban J connectivity index is 2.19. The number of rotatable bonds is 9. The van der Waals surface area contributed by atoms with Crippen molar-refractivity contribution < 1.29 is 19.1 Å². The van der Waals surface area contributed by atoms with Gasteiger partial charge in [-0.05, 0) is 58.7 Å². The van der Waals surface area contributed by atoms with Crippen molar-refractivity contribution in [2.75, 3.05) is 13.1 Å². The molecule has 1 aliphatic heterocycles. The van der Waals surface area contributed by atoms with Crippen LogP contribution in [0.5, 0.6) is 0 Å². The minimum Gasteiger partial charge on any atom is -0.460 e. The number of carbonyl (C=O) groups excluding carboxylic acids is 2. The lowest BCUT2D eigenvalue weighted by Crippen LogP contribution is -2.48. The van der Waals surface area contributed by atoms with Gasteiger partial charge in [-0.1, -0.05) is 50.1 Å². The number of nitrogens with zero attached hydrogens (tertiary/aromatic N) is 1. The summed E-state index contributed by atoms with van der Waals surface area (Å²) >= 11 is 0. The Hall–Kier alpha value is -1.88. The number of esters is 2. The van der Waals surface area contributed by atoms with E-state index in [1.807, 2.05) is 51.1 Å². The van der Waals surface area contributed by atoms with Crippen molar-refractivity contribution in [3.05, 3.63) is 35.9 Å². The fourth-order valence-electron chi connectivity index (χ4n) is 3.64. The summed E-state index contributed by atoms with van der Waals surface area (Å²) < 4.78 is 11.2. The minimum absolute atomic E-state index is 0.166. The Morgan fingerprint density at radius 1 is 1.07 bits per heavy atom. The fraction of sp³-hybridized carbons (Fsp3) is 0.652. The normalized spacial score (nSPS) is 17.1. The largest absolute Gasteiger partial charge is 0.460 e. The first-order valence-corrected chi connectivity index (χ1v) is 10.5. The van der Waals surface area contributed by atoms with Crippen LogP contribution in [0.4, 0.5) is 0 Å². The molecule has 1 aromatic carbocycles. The predicted molar refractivity (Wildman–Crippen MR) is 110 cm³/mol. The van der Waals surface area contributed by atoms with E-state index in [1.165, 1.54) is 0 Å². The van der Waals surface area contributed by atoms with Gasteiger partial charge in [-0.25, -0.2) is 0 Å². The highest BCUT2D eigenvalue weighted by molar-refractivity contribution is 5.96. The van der Waals surface area contributed by atoms with Crippen LogP contribution in [-0.2, 0) is 25.7 Å². The van der Waals surface area contributed by atoms with E-state index < -0.39 is 23.5 Å². The van der Waals surface area contributed by atoms with Crippen molar-refractivity contribution in [1.82, 2.24) is 4.90 Å². The van der Waals surface area contributed by atoms with Crippen molar-refractivity contribution in [1.29, 1.82) is 0 Å². The summed E-state index contributed by atoms with van der Waals surface area (Å²) in [4.78, 5) is 28.4. The number of carbonyl (C=O) groups is 2. The van der Waals surface area contributed by atoms with Gasteiger partial charge in [0.05, 0.1) is 0 Å². The van der Waals surface area contributed by atoms with Gasteiger partial charge < -0.3 is 9.47 Å². The first kappa shape index (κ1) is 22.4. The molecule has 0 N–H and O–H groups in total. The molecule has 0 aromatic heterocycles. The molecule has 2 unspecified atom stereocenters. The molecule has 1 heterocycles. The monoisotopic (exact) mass is 389 g/mol. The highest BCUT2D eigenvalue weighted by Crippen LogP contribution is 2.26. The molecule has 0 amide bonds. The number of benzene rings is 1. The molecule has 0 spiro atoms. The second-order valence-corrected chi connectivity index (χ2v) is 8.56. The Kier molecular flexibility index (Phi) is 8.49. The third kappa shape index (κ3) is 6.93. The summed E-state index contributed by atoms with van der Waals surface area (Å²) in [5.74, 6) is -1.86. The molecule has 0 radical (unpaired) electrons. The zero-order valence-corrected chi connectivity index (χ0v) is 17.8. The van der Waals surface area contributed by atoms with Gasteiger partial charge >= 0.3 is 11.9 Å². The lowest BCUT2D eigenvalue weighted by Gasteiger charge is -2.33. The molecule has 1 aliphatic rings. The van der Waals surface area contributed by atoms with Crippen molar-refractivity contribution in [3.63, 3.8) is 0 Å². The van der Waals surface area contributed by atoms with E-state index >= 15 is 0 Å². The van der Waals surface area contributed by atoms with E-state index in [0.29, 0.717) is 0 Å². The molecule has 1 aromatic rings. The molecule has 1 saturated heterocycles. The molecule has 0 aliphatic carbocycles. The van der Waals surface area contributed by atoms with Crippen molar-refractivity contribution in [2.24, 2.45) is 5.92 Å². The summed E-state index contributed by atoms with van der Waals surface area (Å²) in [6.45, 7) is 9.60. The maximum absolute atomic E-state index is 13.1. The SMILES string of the molecule is CCCCC(C(C(=O)OCc1ccccc1)C(=O)OC(C)(C)C)N1CCCC1. The Labute approximate surface area is 169 Å². The Morgan fingerprint density at radius 3 is 2.29 bits per heavy atom. The highest BCUT2D eigenvalue weighted by Gasteiger charge is 2.42. The average Bonchev–Trinajstić information content (AvgIpc) is 3.17. The van der Waals surface area contributed by atoms with E-state index in [0.717, 1.165) is 50.8 Å². The molecular weight excluding hydrogens is 354 g/mol. The van der Waals surface area contributed by atoms with Crippen LogP contribution in [-0.4, -0.2) is 41.6 Å². The van der Waals surface area contributed by atoms with Gasteiger partial charge in [0.1, 0.15) is 12.2 Å². The summed E-state index contributed by atoms with van der Waals surface area (Å²) in [6, 6.07) is 9.38. The van der Waals surface area contributed by atoms with Gasteiger partial charge in [0.25, 0.3) is 0 Å². The number of ether oxygens (including phenoxy) is 2. The third-order valence-corrected chi connectivity index (χ3v) is 4.99. The van der Waals surface area contributed by atoms with E-state index in [-0.39, 0.29) is 12.6 Å². The topological polar surface area (TPSA) is 55.8 Å². The first-order chi connectivity index (χ1) is 13.3. The molecule has 5 nitrogen and oxygen atoms in total. The van der Waals surface area contributed by atoms with E-state index in [2.05, 4.69) is 11.8 Å². The zero-order valence-electron chi connectivity index (χ0n) is 17.8. The molecule has 2 rings (SSSR count). The second-order valence-electron chi connectivity index (χ2n) is 8.56. The van der Waals surface area contributed by atoms with E-state index in [4.69, 9.17) is 9.47 Å². The molecule has 28 heavy (non-hydrogen) atoms. The summed E-state index contributed by atoms with van der Waals surface area (Å²) in [5.41, 5.74) is 0.264. The lowest BCUT2D eigenvalue weighted by atomic mass is 9.93. The predicted octanol–water partition coefficient (Wildman–Crippen LogP) is 4.34. The molecule has 0 bridgehead atoms. The maximum atomic E-state index is 13.1. The molecule has 156 valence electrons. The number of hydrogen-bond donors (Lipinski definition) is 0. The van der Waals surface area contributed by atoms with E-state index in [1.54, 1.807) is 0 Å². The number of likely N-dealkylation sites (tertiary alicyclic amines) is 1. The first-order valence-electron chi connectivity index (χ1n) is 10.5. The quantitative estimate of drug-likeness (QED) is 0.464. The Morgan fingerprint density at radius 2 is 1.71 bits per heavy atom. The highest BCUT2D eigenvalue weighted by atomic mass is 16.6. The summed E-state index contributed by atoms with van der Waals surface area (Å²) in [6.07, 6.45) is 4.98. The van der Waals surface area contributed by atoms with Gasteiger partial charge in [0, 0.05) is 6.04 Å².